The summed E-state index contributed by atoms with van der Waals surface area (Å²) in [6, 6.07) is 6.55. The number of benzene rings is 1. The van der Waals surface area contributed by atoms with Gasteiger partial charge in [0.05, 0.1) is 7.11 Å². The van der Waals surface area contributed by atoms with Gasteiger partial charge in [0.2, 0.25) is 0 Å². The Kier molecular flexibility index (Phi) is 4.24. The summed E-state index contributed by atoms with van der Waals surface area (Å²) >= 11 is 1.85. The molecule has 0 spiro atoms. The number of thiophene rings is 1. The highest BCUT2D eigenvalue weighted by Crippen LogP contribution is 2.42. The second-order valence-corrected chi connectivity index (χ2v) is 7.85. The summed E-state index contributed by atoms with van der Waals surface area (Å²) in [4.78, 5) is 5.29. The van der Waals surface area contributed by atoms with E-state index in [9.17, 15) is 5.11 Å². The predicted octanol–water partition coefficient (Wildman–Crippen LogP) is 3.04. The lowest BCUT2D eigenvalue weighted by Gasteiger charge is -2.36. The van der Waals surface area contributed by atoms with Crippen molar-refractivity contribution in [2.45, 2.75) is 38.3 Å². The summed E-state index contributed by atoms with van der Waals surface area (Å²) in [5, 5.41) is 19.4. The average molecular weight is 345 g/mol. The van der Waals surface area contributed by atoms with E-state index < -0.39 is 0 Å². The van der Waals surface area contributed by atoms with E-state index in [0.29, 0.717) is 11.8 Å². The maximum atomic E-state index is 10.2. The zero-order valence-corrected chi connectivity index (χ0v) is 14.7. The Morgan fingerprint density at radius 3 is 2.92 bits per heavy atom. The third kappa shape index (κ3) is 2.70. The standard InChI is InChI=1S/C19H23NO3S/c1-23-18-9-12-4-6-20-11-13-8-14(5-7-21)24-19(13)3-2-16(20)15(12)10-17(18)22/h8-10,16,21-22H,2-7,11H2,1H3/t16-/m0/s1. The molecule has 5 heteroatoms. The Labute approximate surface area is 146 Å². The van der Waals surface area contributed by atoms with Gasteiger partial charge in [-0.2, -0.15) is 0 Å². The highest BCUT2D eigenvalue weighted by atomic mass is 32.1. The molecule has 2 aromatic rings. The van der Waals surface area contributed by atoms with Crippen LogP contribution in [0.2, 0.25) is 0 Å². The molecular formula is C19H23NO3S. The van der Waals surface area contributed by atoms with Crippen molar-refractivity contribution < 1.29 is 14.9 Å². The van der Waals surface area contributed by atoms with E-state index in [1.807, 2.05) is 23.5 Å². The summed E-state index contributed by atoms with van der Waals surface area (Å²) in [5.41, 5.74) is 3.98. The van der Waals surface area contributed by atoms with Crippen LogP contribution in [0.5, 0.6) is 11.5 Å². The fourth-order valence-corrected chi connectivity index (χ4v) is 5.24. The summed E-state index contributed by atoms with van der Waals surface area (Å²) < 4.78 is 5.26. The lowest BCUT2D eigenvalue weighted by Crippen LogP contribution is -2.34. The second-order valence-electron chi connectivity index (χ2n) is 6.63. The number of phenols is 1. The minimum absolute atomic E-state index is 0.222. The van der Waals surface area contributed by atoms with Crippen LogP contribution >= 0.6 is 11.3 Å². The molecule has 3 heterocycles. The molecule has 0 saturated carbocycles. The first-order valence-corrected chi connectivity index (χ1v) is 9.36. The molecule has 0 unspecified atom stereocenters. The lowest BCUT2D eigenvalue weighted by atomic mass is 9.90. The number of ether oxygens (including phenoxy) is 1. The number of aliphatic hydroxyl groups is 1. The van der Waals surface area contributed by atoms with Crippen molar-refractivity contribution in [2.24, 2.45) is 0 Å². The first kappa shape index (κ1) is 15.9. The Bertz CT molecular complexity index is 755. The molecule has 4 nitrogen and oxygen atoms in total. The van der Waals surface area contributed by atoms with Gasteiger partial charge >= 0.3 is 0 Å². The molecule has 0 fully saturated rings. The fourth-order valence-electron chi connectivity index (χ4n) is 4.05. The molecule has 1 aromatic heterocycles. The number of rotatable bonds is 3. The molecule has 2 aliphatic heterocycles. The topological polar surface area (TPSA) is 52.9 Å². The molecule has 4 rings (SSSR count). The van der Waals surface area contributed by atoms with Crippen LogP contribution in [0.3, 0.4) is 0 Å². The monoisotopic (exact) mass is 345 g/mol. The van der Waals surface area contributed by atoms with E-state index in [0.717, 1.165) is 38.8 Å². The normalized spacial score (nSPS) is 20.0. The van der Waals surface area contributed by atoms with Crippen LogP contribution in [0.1, 0.15) is 38.9 Å². The summed E-state index contributed by atoms with van der Waals surface area (Å²) in [6.45, 7) is 2.23. The highest BCUT2D eigenvalue weighted by Gasteiger charge is 2.31. The molecule has 1 atom stereocenters. The van der Waals surface area contributed by atoms with Crippen molar-refractivity contribution in [1.29, 1.82) is 0 Å². The van der Waals surface area contributed by atoms with E-state index in [1.165, 1.54) is 26.4 Å². The van der Waals surface area contributed by atoms with Crippen molar-refractivity contribution >= 4 is 11.3 Å². The van der Waals surface area contributed by atoms with Gasteiger partial charge in [-0.15, -0.1) is 11.3 Å². The molecule has 1 aromatic carbocycles. The van der Waals surface area contributed by atoms with Gasteiger partial charge in [-0.1, -0.05) is 0 Å². The minimum atomic E-state index is 0.222. The SMILES string of the molecule is COc1cc2c(cc1O)[C@@H]1CCc3sc(CCO)cc3CN1CC2. The molecule has 24 heavy (non-hydrogen) atoms. The van der Waals surface area contributed by atoms with Gasteiger partial charge in [0, 0.05) is 41.9 Å². The van der Waals surface area contributed by atoms with Crippen molar-refractivity contribution in [3.05, 3.63) is 44.6 Å². The van der Waals surface area contributed by atoms with Gasteiger partial charge in [0.25, 0.3) is 0 Å². The molecule has 2 N–H and O–H groups in total. The van der Waals surface area contributed by atoms with Gasteiger partial charge < -0.3 is 14.9 Å². The number of aliphatic hydroxyl groups excluding tert-OH is 1. The first-order valence-electron chi connectivity index (χ1n) is 8.54. The maximum Gasteiger partial charge on any atom is 0.160 e. The van der Waals surface area contributed by atoms with Crippen LogP contribution in [-0.4, -0.2) is 35.4 Å². The Hall–Kier alpha value is -1.56. The maximum absolute atomic E-state index is 10.2. The number of aryl methyl sites for hydroxylation is 1. The molecular weight excluding hydrogens is 322 g/mol. The average Bonchev–Trinajstić information content (AvgIpc) is 2.86. The number of hydrogen-bond donors (Lipinski definition) is 2. The first-order chi connectivity index (χ1) is 11.7. The molecule has 0 radical (unpaired) electrons. The van der Waals surface area contributed by atoms with Crippen molar-refractivity contribution in [3.8, 4) is 11.5 Å². The van der Waals surface area contributed by atoms with Gasteiger partial charge in [0.15, 0.2) is 11.5 Å². The van der Waals surface area contributed by atoms with Crippen LogP contribution in [-0.2, 0) is 25.8 Å². The highest BCUT2D eigenvalue weighted by molar-refractivity contribution is 7.12. The molecule has 0 bridgehead atoms. The molecule has 0 aliphatic carbocycles. The molecule has 0 saturated heterocycles. The van der Waals surface area contributed by atoms with Crippen molar-refractivity contribution in [3.63, 3.8) is 0 Å². The summed E-state index contributed by atoms with van der Waals surface area (Å²) in [7, 11) is 1.60. The zero-order chi connectivity index (χ0) is 16.7. The minimum Gasteiger partial charge on any atom is -0.504 e. The van der Waals surface area contributed by atoms with Crippen LogP contribution in [0.4, 0.5) is 0 Å². The van der Waals surface area contributed by atoms with E-state index in [1.54, 1.807) is 7.11 Å². The largest absolute Gasteiger partial charge is 0.504 e. The van der Waals surface area contributed by atoms with Gasteiger partial charge in [-0.25, -0.2) is 0 Å². The number of nitrogens with zero attached hydrogens (tertiary/aromatic N) is 1. The Balaban J connectivity index is 1.64. The summed E-state index contributed by atoms with van der Waals surface area (Å²) in [6.07, 6.45) is 3.90. The molecule has 2 aliphatic rings. The second kappa shape index (κ2) is 6.39. The fraction of sp³-hybridized carbons (Fsp3) is 0.474. The van der Waals surface area contributed by atoms with Gasteiger partial charge in [0.1, 0.15) is 0 Å². The van der Waals surface area contributed by atoms with Crippen LogP contribution < -0.4 is 4.74 Å². The lowest BCUT2D eigenvalue weighted by molar-refractivity contribution is 0.173. The number of fused-ring (bicyclic) bond motifs is 4. The van der Waals surface area contributed by atoms with Crippen LogP contribution in [0.15, 0.2) is 18.2 Å². The van der Waals surface area contributed by atoms with Crippen LogP contribution in [0.25, 0.3) is 0 Å². The quantitative estimate of drug-likeness (QED) is 0.898. The zero-order valence-electron chi connectivity index (χ0n) is 13.9. The van der Waals surface area contributed by atoms with Crippen molar-refractivity contribution in [2.75, 3.05) is 20.3 Å². The Morgan fingerprint density at radius 2 is 2.12 bits per heavy atom. The number of hydrogen-bond acceptors (Lipinski definition) is 5. The predicted molar refractivity (Wildman–Crippen MR) is 94.9 cm³/mol. The van der Waals surface area contributed by atoms with Crippen LogP contribution in [0, 0.1) is 0 Å². The van der Waals surface area contributed by atoms with Gasteiger partial charge in [-0.3, -0.25) is 4.90 Å². The van der Waals surface area contributed by atoms with E-state index in [2.05, 4.69) is 11.0 Å². The third-order valence-corrected chi connectivity index (χ3v) is 6.53. The summed E-state index contributed by atoms with van der Waals surface area (Å²) in [5.74, 6) is 0.811. The number of phenolic OH excluding ortho intramolecular Hbond substituents is 1. The van der Waals surface area contributed by atoms with E-state index in [-0.39, 0.29) is 12.4 Å². The Morgan fingerprint density at radius 1 is 1.25 bits per heavy atom. The number of methoxy groups -OCH3 is 1. The van der Waals surface area contributed by atoms with E-state index in [4.69, 9.17) is 9.84 Å². The van der Waals surface area contributed by atoms with E-state index >= 15 is 0 Å². The van der Waals surface area contributed by atoms with Crippen molar-refractivity contribution in [1.82, 2.24) is 4.90 Å². The smallest absolute Gasteiger partial charge is 0.160 e. The third-order valence-electron chi connectivity index (χ3n) is 5.23. The molecule has 0 amide bonds. The molecule has 128 valence electrons. The number of aromatic hydroxyl groups is 1. The van der Waals surface area contributed by atoms with Gasteiger partial charge in [-0.05, 0) is 54.2 Å².